The number of aliphatic hydroxyl groups excluding tert-OH is 1. The standard InChI is InChI=1S/C40H45F2N5O6/c1-4-27-29(41)9-8-24-17-26(49)18-28(31(24)27)34-33(42)35-32(37(43-34)51-3)36(46-13-14-52-21-39(2,50)20-46)45-38(44-35)53-22-40-10-5-7-30(40)47(12-6-11-40)25-15-23(16-25)19-48/h1,8-9,17-18,23,25,30,48-50H,5-7,10-16,19-22H2,2-3H3/t23?,25?,30-,39+,40-/m1/s1. The van der Waals surface area contributed by atoms with Crippen LogP contribution in [0.25, 0.3) is 32.9 Å². The van der Waals surface area contributed by atoms with E-state index in [4.69, 9.17) is 25.6 Å². The number of phenolic OH excluding ortho intramolecular Hbond substituents is 1. The molecule has 4 fully saturated rings. The molecule has 280 valence electrons. The molecule has 0 spiro atoms. The second-order valence-corrected chi connectivity index (χ2v) is 15.5. The summed E-state index contributed by atoms with van der Waals surface area (Å²) in [4.78, 5) is 18.6. The van der Waals surface area contributed by atoms with Crippen molar-refractivity contribution in [2.24, 2.45) is 11.3 Å². The number of fused-ring (bicyclic) bond motifs is 3. The minimum absolute atomic E-state index is 0.0167. The molecule has 0 unspecified atom stereocenters. The molecule has 3 atom stereocenters. The normalized spacial score (nSPS) is 27.6. The fourth-order valence-electron chi connectivity index (χ4n) is 9.36. The zero-order valence-corrected chi connectivity index (χ0v) is 30.1. The van der Waals surface area contributed by atoms with E-state index in [2.05, 4.69) is 20.8 Å². The maximum Gasteiger partial charge on any atom is 0.319 e. The Kier molecular flexibility index (Phi) is 9.29. The van der Waals surface area contributed by atoms with Gasteiger partial charge in [0, 0.05) is 41.6 Å². The highest BCUT2D eigenvalue weighted by Crippen LogP contribution is 2.51. The SMILES string of the molecule is C#Cc1c(F)ccc2cc(O)cc(-c3nc(OC)c4c(N5CCOC[C@@](C)(O)C5)nc(OC[C@]56CCC[C@H]5N(C5CC(CO)C5)CCC6)nc4c3F)c12. The lowest BCUT2D eigenvalue weighted by atomic mass is 9.72. The van der Waals surface area contributed by atoms with E-state index in [-0.39, 0.29) is 88.3 Å². The molecule has 2 aromatic heterocycles. The number of anilines is 1. The number of nitrogens with zero attached hydrogens (tertiary/aromatic N) is 5. The summed E-state index contributed by atoms with van der Waals surface area (Å²) in [5.74, 6) is 1.25. The molecule has 0 amide bonds. The van der Waals surface area contributed by atoms with E-state index in [1.54, 1.807) is 11.8 Å². The fourth-order valence-corrected chi connectivity index (χ4v) is 9.36. The highest BCUT2D eigenvalue weighted by atomic mass is 19.1. The zero-order chi connectivity index (χ0) is 37.1. The fraction of sp³-hybridized carbons (Fsp3) is 0.525. The molecule has 2 aliphatic heterocycles. The number of pyridine rings is 1. The van der Waals surface area contributed by atoms with E-state index in [1.165, 1.54) is 31.4 Å². The van der Waals surface area contributed by atoms with E-state index in [9.17, 15) is 15.3 Å². The number of likely N-dealkylation sites (tertiary alicyclic amines) is 1. The molecule has 8 rings (SSSR count). The predicted octanol–water partition coefficient (Wildman–Crippen LogP) is 5.19. The monoisotopic (exact) mass is 729 g/mol. The van der Waals surface area contributed by atoms with Gasteiger partial charge in [0.1, 0.15) is 39.6 Å². The molecule has 11 nitrogen and oxygen atoms in total. The smallest absolute Gasteiger partial charge is 0.319 e. The first-order valence-corrected chi connectivity index (χ1v) is 18.5. The highest BCUT2D eigenvalue weighted by molar-refractivity contribution is 6.04. The molecule has 4 heterocycles. The van der Waals surface area contributed by atoms with Crippen molar-refractivity contribution in [3.8, 4) is 41.2 Å². The number of methoxy groups -OCH3 is 1. The Labute approximate surface area is 306 Å². The van der Waals surface area contributed by atoms with Gasteiger partial charge in [-0.05, 0) is 81.5 Å². The summed E-state index contributed by atoms with van der Waals surface area (Å²) in [5.41, 5.74) is -1.81. The van der Waals surface area contributed by atoms with Crippen molar-refractivity contribution in [3.05, 3.63) is 41.5 Å². The van der Waals surface area contributed by atoms with Crippen LogP contribution in [0.3, 0.4) is 0 Å². The van der Waals surface area contributed by atoms with Crippen LogP contribution in [0.1, 0.15) is 57.4 Å². The third-order valence-corrected chi connectivity index (χ3v) is 11.9. The molecular weight excluding hydrogens is 684 g/mol. The number of hydrogen-bond donors (Lipinski definition) is 3. The highest BCUT2D eigenvalue weighted by Gasteiger charge is 2.51. The Hall–Kier alpha value is -4.35. The Bertz CT molecular complexity index is 2100. The first-order valence-electron chi connectivity index (χ1n) is 18.5. The van der Waals surface area contributed by atoms with Gasteiger partial charge < -0.3 is 34.4 Å². The van der Waals surface area contributed by atoms with Crippen molar-refractivity contribution in [1.82, 2.24) is 19.9 Å². The first-order chi connectivity index (χ1) is 25.5. The topological polar surface area (TPSA) is 134 Å². The Morgan fingerprint density at radius 3 is 2.68 bits per heavy atom. The van der Waals surface area contributed by atoms with Gasteiger partial charge in [0.2, 0.25) is 5.88 Å². The summed E-state index contributed by atoms with van der Waals surface area (Å²) >= 11 is 0. The molecule has 3 N–H and O–H groups in total. The molecule has 2 saturated carbocycles. The maximum atomic E-state index is 17.3. The second kappa shape index (κ2) is 13.8. The van der Waals surface area contributed by atoms with Crippen LogP contribution in [0.15, 0.2) is 24.3 Å². The molecule has 2 aromatic carbocycles. The number of terminal acetylenes is 1. The molecule has 53 heavy (non-hydrogen) atoms. The number of hydrogen-bond acceptors (Lipinski definition) is 11. The number of β-amino-alcohol motifs (C(OH)–C–C–N with tert-alkyl or cyclic N) is 1. The number of halogens is 2. The number of phenols is 1. The zero-order valence-electron chi connectivity index (χ0n) is 30.1. The van der Waals surface area contributed by atoms with Gasteiger partial charge in [-0.15, -0.1) is 6.42 Å². The number of aromatic nitrogens is 3. The molecular formula is C40H45F2N5O6. The Morgan fingerprint density at radius 1 is 1.09 bits per heavy atom. The van der Waals surface area contributed by atoms with Gasteiger partial charge in [0.15, 0.2) is 5.82 Å². The quantitative estimate of drug-likeness (QED) is 0.207. The van der Waals surface area contributed by atoms with Crippen LogP contribution in [0.2, 0.25) is 0 Å². The molecule has 4 aliphatic rings. The number of piperidine rings is 1. The van der Waals surface area contributed by atoms with E-state index in [0.29, 0.717) is 36.5 Å². The molecule has 4 aromatic rings. The average Bonchev–Trinajstić information content (AvgIpc) is 3.47. The summed E-state index contributed by atoms with van der Waals surface area (Å²) in [6.45, 7) is 4.08. The summed E-state index contributed by atoms with van der Waals surface area (Å²) in [5, 5.41) is 32.3. The minimum atomic E-state index is -1.25. The summed E-state index contributed by atoms with van der Waals surface area (Å²) < 4.78 is 50.4. The van der Waals surface area contributed by atoms with E-state index in [0.717, 1.165) is 51.5 Å². The molecule has 2 saturated heterocycles. The number of ether oxygens (including phenoxy) is 3. The molecule has 2 aliphatic carbocycles. The van der Waals surface area contributed by atoms with Gasteiger partial charge in [-0.1, -0.05) is 18.4 Å². The molecule has 0 bridgehead atoms. The van der Waals surface area contributed by atoms with Gasteiger partial charge in [-0.25, -0.2) is 13.8 Å². The molecule has 13 heteroatoms. The Balaban J connectivity index is 1.26. The number of benzene rings is 2. The van der Waals surface area contributed by atoms with Crippen LogP contribution >= 0.6 is 0 Å². The average molecular weight is 730 g/mol. The third-order valence-electron chi connectivity index (χ3n) is 11.9. The maximum absolute atomic E-state index is 17.3. The largest absolute Gasteiger partial charge is 0.508 e. The first kappa shape index (κ1) is 35.7. The van der Waals surface area contributed by atoms with Gasteiger partial charge in [0.25, 0.3) is 0 Å². The van der Waals surface area contributed by atoms with Crippen molar-refractivity contribution in [1.29, 1.82) is 0 Å². The number of aromatic hydroxyl groups is 1. The third kappa shape index (κ3) is 6.29. The van der Waals surface area contributed by atoms with Crippen LogP contribution in [0.5, 0.6) is 17.6 Å². The van der Waals surface area contributed by atoms with Gasteiger partial charge in [-0.3, -0.25) is 4.90 Å². The van der Waals surface area contributed by atoms with Gasteiger partial charge in [0.05, 0.1) is 39.0 Å². The molecule has 0 radical (unpaired) electrons. The van der Waals surface area contributed by atoms with E-state index in [1.807, 2.05) is 0 Å². The Morgan fingerprint density at radius 2 is 1.91 bits per heavy atom. The van der Waals surface area contributed by atoms with E-state index >= 15 is 8.78 Å². The minimum Gasteiger partial charge on any atom is -0.508 e. The summed E-state index contributed by atoms with van der Waals surface area (Å²) in [6, 6.07) is 6.13. The van der Waals surface area contributed by atoms with Crippen LogP contribution in [0.4, 0.5) is 14.6 Å². The van der Waals surface area contributed by atoms with Crippen molar-refractivity contribution < 1.29 is 38.3 Å². The number of rotatable bonds is 8. The van der Waals surface area contributed by atoms with Crippen molar-refractivity contribution in [3.63, 3.8) is 0 Å². The lowest BCUT2D eigenvalue weighted by molar-refractivity contribution is -0.0596. The second-order valence-electron chi connectivity index (χ2n) is 15.5. The van der Waals surface area contributed by atoms with Crippen LogP contribution < -0.4 is 14.4 Å². The van der Waals surface area contributed by atoms with Crippen LogP contribution in [0, 0.1) is 35.3 Å². The number of aliphatic hydroxyl groups is 2. The summed E-state index contributed by atoms with van der Waals surface area (Å²) in [6.07, 6.45) is 12.9. The van der Waals surface area contributed by atoms with E-state index < -0.39 is 17.2 Å². The van der Waals surface area contributed by atoms with Crippen molar-refractivity contribution in [2.75, 3.05) is 58.1 Å². The van der Waals surface area contributed by atoms with Crippen molar-refractivity contribution in [2.45, 2.75) is 69.6 Å². The lowest BCUT2D eigenvalue weighted by Crippen LogP contribution is -2.58. The van der Waals surface area contributed by atoms with Crippen molar-refractivity contribution >= 4 is 27.5 Å². The van der Waals surface area contributed by atoms with Gasteiger partial charge >= 0.3 is 6.01 Å². The van der Waals surface area contributed by atoms with Crippen LogP contribution in [-0.4, -0.2) is 106 Å². The van der Waals surface area contributed by atoms with Gasteiger partial charge in [-0.2, -0.15) is 9.97 Å². The predicted molar refractivity (Wildman–Crippen MR) is 195 cm³/mol. The van der Waals surface area contributed by atoms with Crippen LogP contribution in [-0.2, 0) is 4.74 Å². The summed E-state index contributed by atoms with van der Waals surface area (Å²) in [7, 11) is 1.39. The lowest BCUT2D eigenvalue weighted by Gasteiger charge is -2.53.